The molecule has 6 nitrogen and oxygen atoms in total. The van der Waals surface area contributed by atoms with Crippen molar-refractivity contribution in [3.8, 4) is 0 Å². The van der Waals surface area contributed by atoms with Crippen molar-refractivity contribution < 1.29 is 4.79 Å². The number of piperidine rings is 1. The zero-order valence-electron chi connectivity index (χ0n) is 16.8. The first-order valence-electron chi connectivity index (χ1n) is 10.4. The molecule has 2 aromatic rings. The highest BCUT2D eigenvalue weighted by molar-refractivity contribution is 5.93. The number of amides is 1. The molecule has 0 atom stereocenters. The number of anilines is 3. The second-order valence-electron chi connectivity index (χ2n) is 8.06. The van der Waals surface area contributed by atoms with Crippen LogP contribution in [0.15, 0.2) is 30.3 Å². The molecule has 4 rings (SSSR count). The summed E-state index contributed by atoms with van der Waals surface area (Å²) in [7, 11) is 0. The number of benzene rings is 1. The quantitative estimate of drug-likeness (QED) is 0.870. The fourth-order valence-corrected chi connectivity index (χ4v) is 3.97. The lowest BCUT2D eigenvalue weighted by Gasteiger charge is -2.32. The van der Waals surface area contributed by atoms with E-state index in [1.165, 1.54) is 18.5 Å². The van der Waals surface area contributed by atoms with Crippen LogP contribution >= 0.6 is 0 Å². The number of aromatic nitrogens is 2. The van der Waals surface area contributed by atoms with Gasteiger partial charge in [0.1, 0.15) is 5.69 Å². The zero-order chi connectivity index (χ0) is 19.5. The maximum atomic E-state index is 12.6. The molecular formula is C22H29N5O. The minimum absolute atomic E-state index is 0.000671. The monoisotopic (exact) mass is 379 g/mol. The van der Waals surface area contributed by atoms with Crippen molar-refractivity contribution >= 4 is 23.2 Å². The zero-order valence-corrected chi connectivity index (χ0v) is 16.8. The smallest absolute Gasteiger partial charge is 0.272 e. The van der Waals surface area contributed by atoms with E-state index in [-0.39, 0.29) is 5.91 Å². The second-order valence-corrected chi connectivity index (χ2v) is 8.06. The summed E-state index contributed by atoms with van der Waals surface area (Å²) in [5.74, 6) is 1.30. The van der Waals surface area contributed by atoms with Crippen molar-refractivity contribution in [3.05, 3.63) is 41.7 Å². The molecule has 6 heteroatoms. The average molecular weight is 380 g/mol. The number of rotatable bonds is 4. The molecule has 2 aliphatic rings. The molecule has 2 aliphatic heterocycles. The molecule has 0 saturated carbocycles. The van der Waals surface area contributed by atoms with Gasteiger partial charge in [-0.1, -0.05) is 6.92 Å². The van der Waals surface area contributed by atoms with Gasteiger partial charge in [0.25, 0.3) is 5.91 Å². The highest BCUT2D eigenvalue weighted by Gasteiger charge is 2.21. The van der Waals surface area contributed by atoms with Crippen molar-refractivity contribution in [2.24, 2.45) is 5.92 Å². The van der Waals surface area contributed by atoms with E-state index in [1.807, 2.05) is 11.8 Å². The molecule has 1 amide bonds. The highest BCUT2D eigenvalue weighted by atomic mass is 16.2. The number of hydrogen-bond donors (Lipinski definition) is 1. The van der Waals surface area contributed by atoms with E-state index in [1.54, 1.807) is 6.07 Å². The first-order valence-corrected chi connectivity index (χ1v) is 10.4. The van der Waals surface area contributed by atoms with Gasteiger partial charge in [0.2, 0.25) is 5.95 Å². The molecule has 0 unspecified atom stereocenters. The standard InChI is InChI=1S/C22H29N5O/c1-16-9-13-26(14-10-16)19-7-5-18(6-8-19)24-22-23-17(2)15-20(25-22)21(28)27-11-3-4-12-27/h5-8,15-16H,3-4,9-14H2,1-2H3,(H,23,24,25). The first-order chi connectivity index (χ1) is 13.6. The van der Waals surface area contributed by atoms with Crippen molar-refractivity contribution in [2.75, 3.05) is 36.4 Å². The first kappa shape index (κ1) is 18.7. The van der Waals surface area contributed by atoms with Gasteiger partial charge in [-0.25, -0.2) is 9.97 Å². The van der Waals surface area contributed by atoms with Crippen LogP contribution in [0.1, 0.15) is 48.8 Å². The summed E-state index contributed by atoms with van der Waals surface area (Å²) in [6.45, 7) is 8.11. The van der Waals surface area contributed by atoms with Gasteiger partial charge >= 0.3 is 0 Å². The number of hydrogen-bond acceptors (Lipinski definition) is 5. The molecular weight excluding hydrogens is 350 g/mol. The predicted octanol–water partition coefficient (Wildman–Crippen LogP) is 4.00. The van der Waals surface area contributed by atoms with Crippen LogP contribution in [-0.2, 0) is 0 Å². The molecule has 0 spiro atoms. The summed E-state index contributed by atoms with van der Waals surface area (Å²) in [5, 5.41) is 3.26. The molecule has 2 saturated heterocycles. The summed E-state index contributed by atoms with van der Waals surface area (Å²) in [4.78, 5) is 25.9. The predicted molar refractivity (Wildman–Crippen MR) is 112 cm³/mol. The van der Waals surface area contributed by atoms with Crippen molar-refractivity contribution in [1.29, 1.82) is 0 Å². The van der Waals surface area contributed by atoms with Gasteiger partial charge in [-0.3, -0.25) is 4.79 Å². The van der Waals surface area contributed by atoms with Crippen LogP contribution in [-0.4, -0.2) is 47.0 Å². The Bertz CT molecular complexity index is 821. The van der Waals surface area contributed by atoms with E-state index in [4.69, 9.17) is 0 Å². The molecule has 148 valence electrons. The van der Waals surface area contributed by atoms with Gasteiger partial charge in [0.15, 0.2) is 0 Å². The van der Waals surface area contributed by atoms with Crippen molar-refractivity contribution in [2.45, 2.75) is 39.5 Å². The number of nitrogens with one attached hydrogen (secondary N) is 1. The Morgan fingerprint density at radius 2 is 1.71 bits per heavy atom. The fourth-order valence-electron chi connectivity index (χ4n) is 3.97. The van der Waals surface area contributed by atoms with E-state index in [0.29, 0.717) is 11.6 Å². The maximum absolute atomic E-state index is 12.6. The molecule has 1 aromatic carbocycles. The van der Waals surface area contributed by atoms with E-state index < -0.39 is 0 Å². The van der Waals surface area contributed by atoms with Crippen LogP contribution in [0.3, 0.4) is 0 Å². The maximum Gasteiger partial charge on any atom is 0.272 e. The number of nitrogens with zero attached hydrogens (tertiary/aromatic N) is 4. The van der Waals surface area contributed by atoms with Crippen LogP contribution in [0.25, 0.3) is 0 Å². The average Bonchev–Trinajstić information content (AvgIpc) is 3.23. The van der Waals surface area contributed by atoms with E-state index in [2.05, 4.69) is 51.4 Å². The van der Waals surface area contributed by atoms with Crippen LogP contribution < -0.4 is 10.2 Å². The molecule has 3 heterocycles. The van der Waals surface area contributed by atoms with Gasteiger partial charge in [-0.05, 0) is 68.9 Å². The second kappa shape index (κ2) is 8.17. The number of carbonyl (C=O) groups excluding carboxylic acids is 1. The van der Waals surface area contributed by atoms with Gasteiger partial charge < -0.3 is 15.1 Å². The Morgan fingerprint density at radius 3 is 2.39 bits per heavy atom. The molecule has 28 heavy (non-hydrogen) atoms. The Labute approximate surface area is 167 Å². The van der Waals surface area contributed by atoms with Gasteiger partial charge in [0.05, 0.1) is 0 Å². The SMILES string of the molecule is Cc1cc(C(=O)N2CCCC2)nc(Nc2ccc(N3CCC(C)CC3)cc2)n1. The Balaban J connectivity index is 1.45. The largest absolute Gasteiger partial charge is 0.372 e. The van der Waals surface area contributed by atoms with Crippen LogP contribution in [0.2, 0.25) is 0 Å². The summed E-state index contributed by atoms with van der Waals surface area (Å²) >= 11 is 0. The summed E-state index contributed by atoms with van der Waals surface area (Å²) in [6.07, 6.45) is 4.66. The topological polar surface area (TPSA) is 61.4 Å². The molecule has 0 bridgehead atoms. The number of carbonyl (C=O) groups is 1. The highest BCUT2D eigenvalue weighted by Crippen LogP contribution is 2.25. The summed E-state index contributed by atoms with van der Waals surface area (Å²) < 4.78 is 0. The summed E-state index contributed by atoms with van der Waals surface area (Å²) in [5.41, 5.74) is 3.45. The van der Waals surface area contributed by atoms with Crippen molar-refractivity contribution in [3.63, 3.8) is 0 Å². The van der Waals surface area contributed by atoms with E-state index in [9.17, 15) is 4.79 Å². The lowest BCUT2D eigenvalue weighted by atomic mass is 9.99. The van der Waals surface area contributed by atoms with Gasteiger partial charge in [-0.15, -0.1) is 0 Å². The summed E-state index contributed by atoms with van der Waals surface area (Å²) in [6, 6.07) is 10.2. The third-order valence-electron chi connectivity index (χ3n) is 5.74. The van der Waals surface area contributed by atoms with E-state index in [0.717, 1.165) is 56.3 Å². The Kier molecular flexibility index (Phi) is 5.46. The number of aryl methyl sites for hydroxylation is 1. The lowest BCUT2D eigenvalue weighted by molar-refractivity contribution is 0.0787. The van der Waals surface area contributed by atoms with Gasteiger partial charge in [0, 0.05) is 43.2 Å². The number of likely N-dealkylation sites (tertiary alicyclic amines) is 1. The lowest BCUT2D eigenvalue weighted by Crippen LogP contribution is -2.32. The molecule has 0 aliphatic carbocycles. The minimum Gasteiger partial charge on any atom is -0.372 e. The minimum atomic E-state index is 0.000671. The molecule has 1 N–H and O–H groups in total. The van der Waals surface area contributed by atoms with Gasteiger partial charge in [-0.2, -0.15) is 0 Å². The Morgan fingerprint density at radius 1 is 1.04 bits per heavy atom. The van der Waals surface area contributed by atoms with Crippen LogP contribution in [0, 0.1) is 12.8 Å². The third-order valence-corrected chi connectivity index (χ3v) is 5.74. The fraction of sp³-hybridized carbons (Fsp3) is 0.500. The van der Waals surface area contributed by atoms with Crippen LogP contribution in [0.5, 0.6) is 0 Å². The van der Waals surface area contributed by atoms with E-state index >= 15 is 0 Å². The van der Waals surface area contributed by atoms with Crippen molar-refractivity contribution in [1.82, 2.24) is 14.9 Å². The molecule has 2 fully saturated rings. The molecule has 0 radical (unpaired) electrons. The Hall–Kier alpha value is -2.63. The third kappa shape index (κ3) is 4.26. The molecule has 1 aromatic heterocycles. The normalized spacial score (nSPS) is 17.8. The van der Waals surface area contributed by atoms with Crippen LogP contribution in [0.4, 0.5) is 17.3 Å².